The van der Waals surface area contributed by atoms with Crippen LogP contribution in [0.2, 0.25) is 0 Å². The van der Waals surface area contributed by atoms with Crippen molar-refractivity contribution in [3.63, 3.8) is 0 Å². The van der Waals surface area contributed by atoms with E-state index in [-0.39, 0.29) is 29.7 Å². The van der Waals surface area contributed by atoms with Crippen LogP contribution in [0.25, 0.3) is 5.65 Å². The number of rotatable bonds is 3. The lowest BCUT2D eigenvalue weighted by atomic mass is 10.1. The third-order valence-electron chi connectivity index (χ3n) is 5.78. The van der Waals surface area contributed by atoms with Gasteiger partial charge in [0.15, 0.2) is 24.4 Å². The molecule has 1 saturated heterocycles. The molecule has 2 unspecified atom stereocenters. The molecule has 2 radical (unpaired) electrons. The Morgan fingerprint density at radius 2 is 1.71 bits per heavy atom. The number of anilines is 1. The molecular weight excluding hydrogens is 540 g/mol. The molecule has 2 atom stereocenters. The Labute approximate surface area is 251 Å². The molecule has 0 aliphatic carbocycles. The average Bonchev–Trinajstić information content (AvgIpc) is 3.32. The molecule has 1 amide bonds. The fraction of sp³-hybridized carbons (Fsp3) is 0.517. The first-order chi connectivity index (χ1) is 19.4. The summed E-state index contributed by atoms with van der Waals surface area (Å²) in [6.07, 6.45) is 4.86. The molecule has 41 heavy (non-hydrogen) atoms. The highest BCUT2D eigenvalue weighted by Crippen LogP contribution is 2.25. The van der Waals surface area contributed by atoms with Crippen molar-refractivity contribution in [3.05, 3.63) is 53.9 Å². The number of thiol groups is 1. The maximum atomic E-state index is 14.4. The van der Waals surface area contributed by atoms with Crippen LogP contribution < -0.4 is 10.6 Å². The quantitative estimate of drug-likeness (QED) is 0.167. The Kier molecular flexibility index (Phi) is 14.2. The van der Waals surface area contributed by atoms with E-state index in [4.69, 9.17) is 10.5 Å². The molecule has 12 heteroatoms. The normalized spacial score (nSPS) is 16.9. The second-order valence-corrected chi connectivity index (χ2v) is 10.1. The predicted molar refractivity (Wildman–Crippen MR) is 171 cm³/mol. The summed E-state index contributed by atoms with van der Waals surface area (Å²) in [6, 6.07) is 4.96. The number of nitrogens with two attached hydrogens (primary N) is 1. The predicted octanol–water partition coefficient (Wildman–Crippen LogP) is 6.10. The molecule has 1 aliphatic rings. The average molecular weight is 586 g/mol. The van der Waals surface area contributed by atoms with E-state index in [0.29, 0.717) is 30.2 Å². The van der Waals surface area contributed by atoms with Gasteiger partial charge >= 0.3 is 6.09 Å². The second-order valence-electron chi connectivity index (χ2n) is 10.1. The maximum Gasteiger partial charge on any atom is 0.410 e. The Morgan fingerprint density at radius 1 is 1.12 bits per heavy atom. The highest BCUT2D eigenvalue weighted by atomic mass is 32.1. The lowest BCUT2D eigenvalue weighted by Gasteiger charge is -2.45. The monoisotopic (exact) mass is 585 g/mol. The number of imidazole rings is 1. The van der Waals surface area contributed by atoms with Gasteiger partial charge in [0, 0.05) is 31.0 Å². The number of pyridine rings is 2. The van der Waals surface area contributed by atoms with Crippen molar-refractivity contribution in [2.45, 2.75) is 86.9 Å². The minimum Gasteiger partial charge on any atom is -0.444 e. The molecular formula is C29H45BFN7O2S. The molecule has 4 heterocycles. The number of amidine groups is 1. The van der Waals surface area contributed by atoms with Crippen molar-refractivity contribution in [1.29, 1.82) is 0 Å². The molecule has 0 aromatic carbocycles. The Hall–Kier alpha value is -3.28. The van der Waals surface area contributed by atoms with Gasteiger partial charge in [-0.2, -0.15) is 0 Å². The number of aryl methyl sites for hydroxylation is 1. The largest absolute Gasteiger partial charge is 0.444 e. The smallest absolute Gasteiger partial charge is 0.410 e. The van der Waals surface area contributed by atoms with Crippen molar-refractivity contribution in [2.75, 3.05) is 18.0 Å². The van der Waals surface area contributed by atoms with E-state index in [2.05, 4.69) is 39.5 Å². The summed E-state index contributed by atoms with van der Waals surface area (Å²) in [5.41, 5.74) is 7.94. The third kappa shape index (κ3) is 9.65. The number of nitrogens with zero attached hydrogens (tertiary/aromatic N) is 6. The summed E-state index contributed by atoms with van der Waals surface area (Å²) in [5, 5.41) is 0. The van der Waals surface area contributed by atoms with Crippen LogP contribution in [0.15, 0.2) is 41.8 Å². The maximum absolute atomic E-state index is 14.4. The SMILES string of the molecule is CC.CC.Cc1cn2cc(C(N)=Nc3ccc(N4CC(C)N(C(=O)OC(C)(C)C)C(C)C4)cn3)cc(F)c2n1.[B]S. The number of hydrogen-bond donors (Lipinski definition) is 2. The summed E-state index contributed by atoms with van der Waals surface area (Å²) in [6.45, 7) is 20.7. The standard InChI is InChI=1S/C25H32FN7O2.2C2H6.BHS/c1-15-11-32-14-18(9-20(26)23(32)29-15)22(27)30-21-8-7-19(10-28-21)31-12-16(2)33(17(3)13-31)24(34)35-25(4,5)6;3*1-2/h7-11,14,16-17H,12-13H2,1-6H3,(H2,27,28,30);2*1-2H3;2H. The first kappa shape index (κ1) is 35.8. The van der Waals surface area contributed by atoms with Crippen LogP contribution in [0.4, 0.5) is 20.7 Å². The van der Waals surface area contributed by atoms with Gasteiger partial charge in [0.05, 0.1) is 29.7 Å². The van der Waals surface area contributed by atoms with E-state index in [1.807, 2.05) is 68.4 Å². The van der Waals surface area contributed by atoms with Gasteiger partial charge in [0.2, 0.25) is 0 Å². The molecule has 224 valence electrons. The number of carbonyl (C=O) groups excluding carboxylic acids is 1. The van der Waals surface area contributed by atoms with E-state index in [0.717, 1.165) is 5.69 Å². The fourth-order valence-corrected chi connectivity index (χ4v) is 4.35. The highest BCUT2D eigenvalue weighted by Gasteiger charge is 2.35. The van der Waals surface area contributed by atoms with Crippen molar-refractivity contribution in [3.8, 4) is 0 Å². The number of ether oxygens (including phenoxy) is 1. The van der Waals surface area contributed by atoms with Crippen LogP contribution in [0.1, 0.15) is 73.6 Å². The van der Waals surface area contributed by atoms with Gasteiger partial charge in [-0.15, -0.1) is 0 Å². The van der Waals surface area contributed by atoms with Crippen LogP contribution in [0.5, 0.6) is 0 Å². The lowest BCUT2D eigenvalue weighted by molar-refractivity contribution is 0.00566. The molecule has 3 aromatic rings. The highest BCUT2D eigenvalue weighted by molar-refractivity contribution is 8.03. The van der Waals surface area contributed by atoms with Crippen molar-refractivity contribution < 1.29 is 13.9 Å². The minimum absolute atomic E-state index is 0.0291. The van der Waals surface area contributed by atoms with E-state index >= 15 is 0 Å². The number of halogens is 1. The van der Waals surface area contributed by atoms with Crippen LogP contribution in [0, 0.1) is 12.7 Å². The first-order valence-electron chi connectivity index (χ1n) is 13.9. The molecule has 9 nitrogen and oxygen atoms in total. The van der Waals surface area contributed by atoms with Gasteiger partial charge in [-0.05, 0) is 59.7 Å². The molecule has 1 aliphatic heterocycles. The molecule has 0 bridgehead atoms. The Bertz CT molecular complexity index is 1270. The van der Waals surface area contributed by atoms with E-state index in [9.17, 15) is 9.18 Å². The summed E-state index contributed by atoms with van der Waals surface area (Å²) in [7, 11) is 4.19. The van der Waals surface area contributed by atoms with Gasteiger partial charge in [-0.25, -0.2) is 36.6 Å². The van der Waals surface area contributed by atoms with Crippen LogP contribution in [-0.2, 0) is 4.74 Å². The number of carbonyl (C=O) groups is 1. The number of fused-ring (bicyclic) bond motifs is 1. The summed E-state index contributed by atoms with van der Waals surface area (Å²) in [4.78, 5) is 29.6. The third-order valence-corrected chi connectivity index (χ3v) is 5.78. The minimum atomic E-state index is -0.537. The topological polar surface area (TPSA) is 101 Å². The number of amides is 1. The van der Waals surface area contributed by atoms with E-state index < -0.39 is 11.4 Å². The van der Waals surface area contributed by atoms with Gasteiger partial charge in [-0.3, -0.25) is 4.90 Å². The van der Waals surface area contributed by atoms with E-state index in [1.165, 1.54) is 6.07 Å². The van der Waals surface area contributed by atoms with Crippen molar-refractivity contribution >= 4 is 48.7 Å². The van der Waals surface area contributed by atoms with Gasteiger partial charge in [0.1, 0.15) is 11.4 Å². The number of aromatic nitrogens is 3. The van der Waals surface area contributed by atoms with Crippen molar-refractivity contribution in [2.24, 2.45) is 10.7 Å². The van der Waals surface area contributed by atoms with Crippen LogP contribution >= 0.6 is 12.5 Å². The fourth-order valence-electron chi connectivity index (χ4n) is 4.35. The molecule has 1 fully saturated rings. The van der Waals surface area contributed by atoms with Crippen molar-refractivity contribution in [1.82, 2.24) is 19.3 Å². The molecule has 4 rings (SSSR count). The van der Waals surface area contributed by atoms with Gasteiger partial charge < -0.3 is 19.8 Å². The van der Waals surface area contributed by atoms with Crippen LogP contribution in [-0.4, -0.2) is 69.1 Å². The lowest BCUT2D eigenvalue weighted by Crippen LogP contribution is -2.59. The zero-order valence-electron chi connectivity index (χ0n) is 26.0. The van der Waals surface area contributed by atoms with Gasteiger partial charge in [-0.1, -0.05) is 27.7 Å². The zero-order valence-corrected chi connectivity index (χ0v) is 26.9. The summed E-state index contributed by atoms with van der Waals surface area (Å²) in [5.74, 6) is 0.110. The summed E-state index contributed by atoms with van der Waals surface area (Å²) < 4.78 is 21.6. The second kappa shape index (κ2) is 16.2. The zero-order chi connectivity index (χ0) is 31.5. The van der Waals surface area contributed by atoms with Gasteiger partial charge in [0.25, 0.3) is 0 Å². The Balaban J connectivity index is 0.00000131. The number of hydrogen-bond acceptors (Lipinski definition) is 7. The van der Waals surface area contributed by atoms with Crippen LogP contribution in [0.3, 0.4) is 0 Å². The summed E-state index contributed by atoms with van der Waals surface area (Å²) >= 11 is 3.03. The van der Waals surface area contributed by atoms with E-state index in [1.54, 1.807) is 40.9 Å². The molecule has 0 saturated carbocycles. The Morgan fingerprint density at radius 3 is 2.22 bits per heavy atom. The molecule has 0 spiro atoms. The molecule has 2 N–H and O–H groups in total. The number of aliphatic imine (C=N–C) groups is 1. The molecule has 3 aromatic heterocycles. The number of piperazine rings is 1. The first-order valence-corrected chi connectivity index (χ1v) is 14.4.